The fourth-order valence-electron chi connectivity index (χ4n) is 3.92. The number of benzene rings is 2. The summed E-state index contributed by atoms with van der Waals surface area (Å²) in [4.78, 5) is 0. The Labute approximate surface area is 168 Å². The van der Waals surface area contributed by atoms with E-state index in [4.69, 9.17) is 14.2 Å². The van der Waals surface area contributed by atoms with Gasteiger partial charge in [-0.1, -0.05) is 29.9 Å². The molecule has 3 nitrogen and oxygen atoms in total. The molecule has 2 atom stereocenters. The zero-order valence-electron chi connectivity index (χ0n) is 17.2. The molecule has 4 rings (SSSR count). The van der Waals surface area contributed by atoms with Crippen LogP contribution in [-0.4, -0.2) is 18.5 Å². The molecule has 0 aromatic heterocycles. The van der Waals surface area contributed by atoms with Crippen molar-refractivity contribution in [2.75, 3.05) is 6.61 Å². The lowest BCUT2D eigenvalue weighted by atomic mass is 9.92. The van der Waals surface area contributed by atoms with Gasteiger partial charge in [-0.2, -0.15) is 0 Å². The summed E-state index contributed by atoms with van der Waals surface area (Å²) in [6.07, 6.45) is 11.8. The summed E-state index contributed by atoms with van der Waals surface area (Å²) in [6.45, 7) is 7.23. The van der Waals surface area contributed by atoms with Gasteiger partial charge in [0.2, 0.25) is 0 Å². The van der Waals surface area contributed by atoms with Crippen molar-refractivity contribution in [3.8, 4) is 11.5 Å². The van der Waals surface area contributed by atoms with Crippen LogP contribution < -0.4 is 9.47 Å². The van der Waals surface area contributed by atoms with E-state index in [-0.39, 0.29) is 11.9 Å². The number of allylic oxidation sites excluding steroid dienone is 2. The average molecular weight is 379 g/mol. The van der Waals surface area contributed by atoms with Crippen LogP contribution in [-0.2, 0) is 4.74 Å². The lowest BCUT2D eigenvalue weighted by Crippen LogP contribution is -2.31. The Morgan fingerprint density at radius 3 is 2.86 bits per heavy atom. The normalized spacial score (nSPS) is 23.8. The van der Waals surface area contributed by atoms with E-state index in [1.807, 2.05) is 6.07 Å². The van der Waals surface area contributed by atoms with E-state index >= 15 is 0 Å². The molecule has 0 amide bonds. The van der Waals surface area contributed by atoms with Gasteiger partial charge in [0.15, 0.2) is 6.29 Å². The van der Waals surface area contributed by atoms with E-state index in [1.165, 1.54) is 11.0 Å². The Bertz CT molecular complexity index is 901. The molecule has 0 radical (unpaired) electrons. The van der Waals surface area contributed by atoms with E-state index in [0.29, 0.717) is 0 Å². The summed E-state index contributed by atoms with van der Waals surface area (Å²) < 4.78 is 18.2. The first-order valence-electron chi connectivity index (χ1n) is 10.4. The molecule has 2 aliphatic rings. The van der Waals surface area contributed by atoms with Gasteiger partial charge in [-0.05, 0) is 81.5 Å². The van der Waals surface area contributed by atoms with Gasteiger partial charge in [0, 0.05) is 12.0 Å². The first-order chi connectivity index (χ1) is 13.5. The Kier molecular flexibility index (Phi) is 5.45. The highest BCUT2D eigenvalue weighted by Gasteiger charge is 2.27. The lowest BCUT2D eigenvalue weighted by molar-refractivity contribution is -0.105. The molecule has 1 unspecified atom stereocenters. The van der Waals surface area contributed by atoms with Gasteiger partial charge < -0.3 is 14.2 Å². The standard InChI is InChI=1S/C25H30O3/c1-18(2)7-6-14-25(3)15-13-21-22-17-20(27-24-8-4-5-16-26-24)11-9-19(22)10-12-23(21)28-25/h7,9-13,15,17,24H,4-6,8,14,16H2,1-3H3/t24?,25-/m1/s1. The summed E-state index contributed by atoms with van der Waals surface area (Å²) in [5.41, 5.74) is 2.22. The minimum absolute atomic E-state index is 0.129. The summed E-state index contributed by atoms with van der Waals surface area (Å²) in [5.74, 6) is 1.80. The van der Waals surface area contributed by atoms with Crippen molar-refractivity contribution in [3.63, 3.8) is 0 Å². The van der Waals surface area contributed by atoms with Gasteiger partial charge >= 0.3 is 0 Å². The molecule has 2 aromatic carbocycles. The van der Waals surface area contributed by atoms with Gasteiger partial charge in [0.1, 0.15) is 17.1 Å². The largest absolute Gasteiger partial charge is 0.483 e. The molecule has 1 fully saturated rings. The van der Waals surface area contributed by atoms with Crippen molar-refractivity contribution in [1.82, 2.24) is 0 Å². The number of rotatable bonds is 5. The molecule has 2 heterocycles. The summed E-state index contributed by atoms with van der Waals surface area (Å²) in [7, 11) is 0. The molecule has 2 aromatic rings. The van der Waals surface area contributed by atoms with Crippen molar-refractivity contribution < 1.29 is 14.2 Å². The van der Waals surface area contributed by atoms with Crippen LogP contribution in [0.2, 0.25) is 0 Å². The topological polar surface area (TPSA) is 27.7 Å². The van der Waals surface area contributed by atoms with Crippen LogP contribution in [0.15, 0.2) is 48.1 Å². The van der Waals surface area contributed by atoms with Gasteiger partial charge in [0.05, 0.1) is 6.61 Å². The van der Waals surface area contributed by atoms with Crippen LogP contribution in [0.1, 0.15) is 58.4 Å². The van der Waals surface area contributed by atoms with Crippen LogP contribution in [0.3, 0.4) is 0 Å². The van der Waals surface area contributed by atoms with Crippen molar-refractivity contribution in [2.45, 2.75) is 64.8 Å². The number of hydrogen-bond donors (Lipinski definition) is 0. The summed E-state index contributed by atoms with van der Waals surface area (Å²) in [5, 5.41) is 2.35. The van der Waals surface area contributed by atoms with E-state index < -0.39 is 0 Å². The second-order valence-corrected chi connectivity index (χ2v) is 8.34. The number of ether oxygens (including phenoxy) is 3. The van der Waals surface area contributed by atoms with Crippen molar-refractivity contribution in [3.05, 3.63) is 53.6 Å². The second-order valence-electron chi connectivity index (χ2n) is 8.34. The molecule has 3 heteroatoms. The van der Waals surface area contributed by atoms with E-state index in [0.717, 1.165) is 61.2 Å². The molecule has 0 spiro atoms. The van der Waals surface area contributed by atoms with E-state index in [1.54, 1.807) is 0 Å². The molecule has 0 bridgehead atoms. The first kappa shape index (κ1) is 19.1. The highest BCUT2D eigenvalue weighted by Crippen LogP contribution is 2.39. The van der Waals surface area contributed by atoms with E-state index in [2.05, 4.69) is 63.3 Å². The van der Waals surface area contributed by atoms with Gasteiger partial charge in [0.25, 0.3) is 0 Å². The minimum atomic E-state index is -0.267. The molecule has 0 saturated carbocycles. The highest BCUT2D eigenvalue weighted by molar-refractivity contribution is 5.94. The summed E-state index contributed by atoms with van der Waals surface area (Å²) >= 11 is 0. The minimum Gasteiger partial charge on any atom is -0.483 e. The maximum Gasteiger partial charge on any atom is 0.199 e. The number of fused-ring (bicyclic) bond motifs is 3. The number of hydrogen-bond acceptors (Lipinski definition) is 3. The molecule has 2 aliphatic heterocycles. The Morgan fingerprint density at radius 1 is 1.21 bits per heavy atom. The van der Waals surface area contributed by atoms with E-state index in [9.17, 15) is 0 Å². The molecular formula is C25H30O3. The van der Waals surface area contributed by atoms with Crippen LogP contribution in [0.25, 0.3) is 16.8 Å². The molecule has 1 saturated heterocycles. The molecule has 28 heavy (non-hydrogen) atoms. The van der Waals surface area contributed by atoms with Gasteiger partial charge in [-0.3, -0.25) is 0 Å². The smallest absolute Gasteiger partial charge is 0.199 e. The third kappa shape index (κ3) is 4.25. The molecule has 0 aliphatic carbocycles. The quantitative estimate of drug-likeness (QED) is 0.545. The average Bonchev–Trinajstić information content (AvgIpc) is 2.68. The maximum atomic E-state index is 6.42. The third-order valence-corrected chi connectivity index (χ3v) is 5.54. The Hall–Kier alpha value is -2.26. The zero-order valence-corrected chi connectivity index (χ0v) is 17.2. The predicted octanol–water partition coefficient (Wildman–Crippen LogP) is 6.66. The third-order valence-electron chi connectivity index (χ3n) is 5.54. The first-order valence-corrected chi connectivity index (χ1v) is 10.4. The molecule has 148 valence electrons. The maximum absolute atomic E-state index is 6.42. The van der Waals surface area contributed by atoms with Gasteiger partial charge in [-0.15, -0.1) is 0 Å². The summed E-state index contributed by atoms with van der Waals surface area (Å²) in [6, 6.07) is 10.5. The van der Waals surface area contributed by atoms with Crippen molar-refractivity contribution >= 4 is 16.8 Å². The molecule has 0 N–H and O–H groups in total. The van der Waals surface area contributed by atoms with Crippen molar-refractivity contribution in [2.24, 2.45) is 0 Å². The Balaban J connectivity index is 1.58. The zero-order chi connectivity index (χ0) is 19.6. The lowest BCUT2D eigenvalue weighted by Gasteiger charge is -2.32. The fraction of sp³-hybridized carbons (Fsp3) is 0.440. The predicted molar refractivity (Wildman–Crippen MR) is 115 cm³/mol. The van der Waals surface area contributed by atoms with Crippen LogP contribution in [0.5, 0.6) is 11.5 Å². The SMILES string of the molecule is CC(C)=CCC[C@]1(C)C=Cc2c(ccc3ccc(OC4CCCCO4)cc23)O1. The Morgan fingerprint density at radius 2 is 2.07 bits per heavy atom. The second kappa shape index (κ2) is 8.00. The van der Waals surface area contributed by atoms with Gasteiger partial charge in [-0.25, -0.2) is 0 Å². The molecular weight excluding hydrogens is 348 g/mol. The van der Waals surface area contributed by atoms with Crippen molar-refractivity contribution in [1.29, 1.82) is 0 Å². The van der Waals surface area contributed by atoms with Crippen LogP contribution in [0.4, 0.5) is 0 Å². The highest BCUT2D eigenvalue weighted by atomic mass is 16.7. The monoisotopic (exact) mass is 378 g/mol. The fourth-order valence-corrected chi connectivity index (χ4v) is 3.92. The van der Waals surface area contributed by atoms with Crippen LogP contribution >= 0.6 is 0 Å². The van der Waals surface area contributed by atoms with Crippen LogP contribution in [0, 0.1) is 0 Å².